The number of ether oxygens (including phenoxy) is 2. The van der Waals surface area contributed by atoms with Gasteiger partial charge in [0, 0.05) is 12.3 Å². The van der Waals surface area contributed by atoms with Crippen LogP contribution in [0.1, 0.15) is 34.1 Å². The maximum atomic E-state index is 12.4. The Balaban J connectivity index is 2.25. The van der Waals surface area contributed by atoms with Crippen molar-refractivity contribution >= 4 is 39.5 Å². The maximum absolute atomic E-state index is 12.4. The van der Waals surface area contributed by atoms with Crippen LogP contribution in [0.5, 0.6) is 0 Å². The molecule has 1 saturated carbocycles. The number of fused-ring (bicyclic) bond motifs is 1. The Hall–Kier alpha value is -0.370. The molecular formula is C15H22O5S2. The van der Waals surface area contributed by atoms with E-state index >= 15 is 0 Å². The Kier molecular flexibility index (Phi) is 5.74. The van der Waals surface area contributed by atoms with Crippen molar-refractivity contribution < 1.29 is 23.9 Å². The molecular weight excluding hydrogens is 324 g/mol. The van der Waals surface area contributed by atoms with E-state index in [9.17, 15) is 14.4 Å². The van der Waals surface area contributed by atoms with Gasteiger partial charge in [0.2, 0.25) is 10.2 Å². The number of hydrogen-bond donors (Lipinski definition) is 0. The molecule has 1 aliphatic heterocycles. The molecule has 1 aliphatic carbocycles. The van der Waals surface area contributed by atoms with Crippen LogP contribution in [0.4, 0.5) is 0 Å². The number of carbonyl (C=O) groups excluding carboxylic acids is 3. The molecule has 124 valence electrons. The van der Waals surface area contributed by atoms with Crippen LogP contribution in [0.15, 0.2) is 0 Å². The van der Waals surface area contributed by atoms with Gasteiger partial charge >= 0.3 is 0 Å². The monoisotopic (exact) mass is 346 g/mol. The predicted molar refractivity (Wildman–Crippen MR) is 86.7 cm³/mol. The van der Waals surface area contributed by atoms with Crippen LogP contribution in [0.25, 0.3) is 0 Å². The smallest absolute Gasteiger partial charge is 0.200 e. The fourth-order valence-electron chi connectivity index (χ4n) is 3.03. The molecule has 7 heteroatoms. The molecule has 2 fully saturated rings. The topological polar surface area (TPSA) is 69.7 Å². The second kappa shape index (κ2) is 7.03. The highest BCUT2D eigenvalue weighted by Gasteiger charge is 2.57. The molecule has 0 unspecified atom stereocenters. The number of rotatable bonds is 5. The Morgan fingerprint density at radius 2 is 1.73 bits per heavy atom. The van der Waals surface area contributed by atoms with Gasteiger partial charge in [-0.25, -0.2) is 0 Å². The molecule has 2 aliphatic rings. The summed E-state index contributed by atoms with van der Waals surface area (Å²) in [5.41, 5.74) is 0. The van der Waals surface area contributed by atoms with E-state index in [1.54, 1.807) is 13.8 Å². The van der Waals surface area contributed by atoms with E-state index in [4.69, 9.17) is 9.47 Å². The summed E-state index contributed by atoms with van der Waals surface area (Å²) in [6, 6.07) is 0. The molecule has 0 aromatic rings. The van der Waals surface area contributed by atoms with E-state index in [0.29, 0.717) is 11.5 Å². The maximum Gasteiger partial charge on any atom is 0.200 e. The predicted octanol–water partition coefficient (Wildman–Crippen LogP) is 2.27. The first kappa shape index (κ1) is 18.0. The summed E-state index contributed by atoms with van der Waals surface area (Å²) in [6.45, 7) is 7.24. The lowest BCUT2D eigenvalue weighted by atomic mass is 9.91. The van der Waals surface area contributed by atoms with Crippen LogP contribution in [-0.2, 0) is 23.9 Å². The summed E-state index contributed by atoms with van der Waals surface area (Å²) in [4.78, 5) is 37.0. The largest absolute Gasteiger partial charge is 0.344 e. The Labute approximate surface area is 139 Å². The van der Waals surface area contributed by atoms with Crippen LogP contribution in [0.3, 0.4) is 0 Å². The molecule has 0 bridgehead atoms. The first-order valence-corrected chi connectivity index (χ1v) is 9.49. The summed E-state index contributed by atoms with van der Waals surface area (Å²) in [7, 11) is 0. The summed E-state index contributed by atoms with van der Waals surface area (Å²) in [5, 5.41) is -0.333. The first-order valence-electron chi connectivity index (χ1n) is 7.52. The van der Waals surface area contributed by atoms with E-state index in [1.807, 2.05) is 13.8 Å². The summed E-state index contributed by atoms with van der Waals surface area (Å²) < 4.78 is 11.5. The Morgan fingerprint density at radius 1 is 1.18 bits per heavy atom. The minimum atomic E-state index is -0.851. The number of carbonyl (C=O) groups is 3. The highest BCUT2D eigenvalue weighted by molar-refractivity contribution is 8.15. The van der Waals surface area contributed by atoms with Crippen molar-refractivity contribution in [1.82, 2.24) is 0 Å². The van der Waals surface area contributed by atoms with E-state index in [-0.39, 0.29) is 22.4 Å². The van der Waals surface area contributed by atoms with Crippen LogP contribution >= 0.6 is 23.5 Å². The molecule has 0 N–H and O–H groups in total. The van der Waals surface area contributed by atoms with Crippen molar-refractivity contribution in [2.24, 2.45) is 11.8 Å². The zero-order valence-electron chi connectivity index (χ0n) is 13.3. The van der Waals surface area contributed by atoms with Crippen LogP contribution in [0, 0.1) is 11.8 Å². The van der Waals surface area contributed by atoms with E-state index in [1.165, 1.54) is 0 Å². The summed E-state index contributed by atoms with van der Waals surface area (Å²) in [6.07, 6.45) is -0.987. The SMILES string of the molecule is CCSC(=O)C(C(=O)SCC)[C@H]1CC(=O)[C@@H]2OC(C)(C)O[C@H]12. The summed E-state index contributed by atoms with van der Waals surface area (Å²) >= 11 is 2.27. The van der Waals surface area contributed by atoms with Crippen molar-refractivity contribution in [1.29, 1.82) is 0 Å². The van der Waals surface area contributed by atoms with Gasteiger partial charge in [-0.1, -0.05) is 37.4 Å². The lowest BCUT2D eigenvalue weighted by Crippen LogP contribution is -2.36. The molecule has 0 amide bonds. The molecule has 5 nitrogen and oxygen atoms in total. The van der Waals surface area contributed by atoms with Gasteiger partial charge in [0.05, 0.1) is 6.10 Å². The second-order valence-corrected chi connectivity index (χ2v) is 8.37. The zero-order valence-corrected chi connectivity index (χ0v) is 14.9. The van der Waals surface area contributed by atoms with Gasteiger partial charge in [-0.15, -0.1) is 0 Å². The van der Waals surface area contributed by atoms with Crippen molar-refractivity contribution in [2.45, 2.75) is 52.1 Å². The molecule has 0 aromatic heterocycles. The quantitative estimate of drug-likeness (QED) is 0.707. The third-order valence-electron chi connectivity index (χ3n) is 3.81. The molecule has 0 spiro atoms. The van der Waals surface area contributed by atoms with Gasteiger partial charge in [0.15, 0.2) is 11.6 Å². The van der Waals surface area contributed by atoms with E-state index in [2.05, 4.69) is 0 Å². The minimum Gasteiger partial charge on any atom is -0.344 e. The van der Waals surface area contributed by atoms with Gasteiger partial charge in [-0.05, 0) is 25.4 Å². The molecule has 1 saturated heterocycles. The normalized spacial score (nSPS) is 29.9. The Bertz CT molecular complexity index is 459. The van der Waals surface area contributed by atoms with Crippen molar-refractivity contribution in [3.05, 3.63) is 0 Å². The van der Waals surface area contributed by atoms with Crippen LogP contribution in [0.2, 0.25) is 0 Å². The van der Waals surface area contributed by atoms with Crippen molar-refractivity contribution in [2.75, 3.05) is 11.5 Å². The van der Waals surface area contributed by atoms with Crippen LogP contribution < -0.4 is 0 Å². The average molecular weight is 346 g/mol. The number of Topliss-reactive ketones (excluding diaryl/α,β-unsaturated/α-hetero) is 1. The zero-order chi connectivity index (χ0) is 16.5. The molecule has 0 radical (unpaired) electrons. The minimum absolute atomic E-state index is 0.0748. The number of thioether (sulfide) groups is 2. The molecule has 22 heavy (non-hydrogen) atoms. The summed E-state index contributed by atoms with van der Waals surface area (Å²) in [5.74, 6) is -0.928. The van der Waals surface area contributed by atoms with Gasteiger partial charge in [-0.2, -0.15) is 0 Å². The lowest BCUT2D eigenvalue weighted by molar-refractivity contribution is -0.165. The highest BCUT2D eigenvalue weighted by Crippen LogP contribution is 2.44. The lowest BCUT2D eigenvalue weighted by Gasteiger charge is -2.25. The van der Waals surface area contributed by atoms with Crippen LogP contribution in [-0.4, -0.2) is 45.5 Å². The molecule has 2 rings (SSSR count). The highest BCUT2D eigenvalue weighted by atomic mass is 32.2. The standard InChI is InChI=1S/C15H22O5S2/c1-5-21-13(17)10(14(18)22-6-2)8-7-9(16)12-11(8)19-15(3,4)20-12/h8,10-12H,5-7H2,1-4H3/t8-,11-,12+/m1/s1. The van der Waals surface area contributed by atoms with Crippen molar-refractivity contribution in [3.8, 4) is 0 Å². The Morgan fingerprint density at radius 3 is 2.23 bits per heavy atom. The fraction of sp³-hybridized carbons (Fsp3) is 0.800. The van der Waals surface area contributed by atoms with Gasteiger partial charge < -0.3 is 9.47 Å². The molecule has 3 atom stereocenters. The second-order valence-electron chi connectivity index (χ2n) is 5.84. The third kappa shape index (κ3) is 3.58. The van der Waals surface area contributed by atoms with Crippen molar-refractivity contribution in [3.63, 3.8) is 0 Å². The third-order valence-corrected chi connectivity index (χ3v) is 5.47. The molecule has 0 aromatic carbocycles. The first-order chi connectivity index (χ1) is 10.3. The van der Waals surface area contributed by atoms with Gasteiger partial charge in [0.25, 0.3) is 0 Å². The number of ketones is 1. The van der Waals surface area contributed by atoms with E-state index in [0.717, 1.165) is 23.5 Å². The average Bonchev–Trinajstić information content (AvgIpc) is 2.87. The molecule has 1 heterocycles. The fourth-order valence-corrected chi connectivity index (χ4v) is 4.60. The van der Waals surface area contributed by atoms with E-state index < -0.39 is 29.8 Å². The van der Waals surface area contributed by atoms with Gasteiger partial charge in [-0.3, -0.25) is 14.4 Å². The van der Waals surface area contributed by atoms with Gasteiger partial charge in [0.1, 0.15) is 12.0 Å². The number of hydrogen-bond acceptors (Lipinski definition) is 7.